The second-order valence-corrected chi connectivity index (χ2v) is 6.92. The van der Waals surface area contributed by atoms with Gasteiger partial charge in [0, 0.05) is 23.9 Å². The molecule has 0 saturated heterocycles. The summed E-state index contributed by atoms with van der Waals surface area (Å²) in [5.74, 6) is 0.846. The van der Waals surface area contributed by atoms with E-state index in [1.54, 1.807) is 0 Å². The lowest BCUT2D eigenvalue weighted by molar-refractivity contribution is -0.133. The fourth-order valence-electron chi connectivity index (χ4n) is 4.33. The molecule has 1 aromatic rings. The van der Waals surface area contributed by atoms with Crippen LogP contribution in [0.5, 0.6) is 0 Å². The standard InChI is InChI=1S/C20H26O2/c1-15-13-18-9-11-20(15,16(2)19(18)21)10-6-12-22-14-17-7-4-3-5-8-17/h3-5,7-8,13,16,18H,6,9-12,14H2,1-2H3/t16-,18+,20-/m0/s1. The Bertz CT molecular complexity index is 560. The average molecular weight is 298 g/mol. The van der Waals surface area contributed by atoms with Crippen molar-refractivity contribution in [2.45, 2.75) is 46.1 Å². The zero-order chi connectivity index (χ0) is 15.6. The van der Waals surface area contributed by atoms with Gasteiger partial charge < -0.3 is 4.74 Å². The van der Waals surface area contributed by atoms with Gasteiger partial charge in [0.15, 0.2) is 0 Å². The lowest BCUT2D eigenvalue weighted by atomic mass is 9.54. The van der Waals surface area contributed by atoms with E-state index in [4.69, 9.17) is 4.74 Å². The van der Waals surface area contributed by atoms with Crippen molar-refractivity contribution < 1.29 is 9.53 Å². The van der Waals surface area contributed by atoms with Crippen LogP contribution < -0.4 is 0 Å². The van der Waals surface area contributed by atoms with Crippen molar-refractivity contribution in [3.8, 4) is 0 Å². The van der Waals surface area contributed by atoms with Crippen LogP contribution >= 0.6 is 0 Å². The summed E-state index contributed by atoms with van der Waals surface area (Å²) in [5.41, 5.74) is 2.78. The quantitative estimate of drug-likeness (QED) is 0.569. The van der Waals surface area contributed by atoms with Crippen molar-refractivity contribution in [1.82, 2.24) is 0 Å². The minimum atomic E-state index is 0.113. The molecule has 2 bridgehead atoms. The number of fused-ring (bicyclic) bond motifs is 2. The molecule has 0 heterocycles. The first-order valence-corrected chi connectivity index (χ1v) is 8.48. The van der Waals surface area contributed by atoms with Crippen LogP contribution in [0.2, 0.25) is 0 Å². The highest BCUT2D eigenvalue weighted by Gasteiger charge is 2.49. The van der Waals surface area contributed by atoms with Crippen molar-refractivity contribution in [3.05, 3.63) is 47.5 Å². The second kappa shape index (κ2) is 6.37. The van der Waals surface area contributed by atoms with Gasteiger partial charge in [-0.25, -0.2) is 0 Å². The third-order valence-electron chi connectivity index (χ3n) is 5.78. The lowest BCUT2D eigenvalue weighted by Gasteiger charge is -2.49. The third kappa shape index (κ3) is 2.77. The van der Waals surface area contributed by atoms with Gasteiger partial charge >= 0.3 is 0 Å². The molecule has 0 N–H and O–H groups in total. The summed E-state index contributed by atoms with van der Waals surface area (Å²) in [6.45, 7) is 5.81. The first-order valence-electron chi connectivity index (χ1n) is 8.48. The molecule has 1 saturated carbocycles. The number of hydrogen-bond acceptors (Lipinski definition) is 2. The maximum Gasteiger partial charge on any atom is 0.143 e. The molecule has 0 amide bonds. The van der Waals surface area contributed by atoms with Gasteiger partial charge in [-0.3, -0.25) is 4.79 Å². The molecule has 1 fully saturated rings. The third-order valence-corrected chi connectivity index (χ3v) is 5.78. The highest BCUT2D eigenvalue weighted by atomic mass is 16.5. The normalized spacial score (nSPS) is 30.5. The Labute approximate surface area is 133 Å². The number of ether oxygens (including phenoxy) is 1. The second-order valence-electron chi connectivity index (χ2n) is 6.92. The van der Waals surface area contributed by atoms with Crippen LogP contribution in [0.15, 0.2) is 42.0 Å². The molecule has 0 aliphatic heterocycles. The number of benzene rings is 1. The van der Waals surface area contributed by atoms with Crippen molar-refractivity contribution in [2.75, 3.05) is 6.61 Å². The highest BCUT2D eigenvalue weighted by Crippen LogP contribution is 2.54. The van der Waals surface area contributed by atoms with Gasteiger partial charge in [-0.2, -0.15) is 0 Å². The van der Waals surface area contributed by atoms with E-state index in [0.29, 0.717) is 12.4 Å². The van der Waals surface area contributed by atoms with E-state index in [9.17, 15) is 4.79 Å². The van der Waals surface area contributed by atoms with Crippen LogP contribution in [0.25, 0.3) is 0 Å². The number of Topliss-reactive ketones (excluding diaryl/α,β-unsaturated/α-hetero) is 1. The van der Waals surface area contributed by atoms with Gasteiger partial charge in [-0.05, 0) is 38.2 Å². The Hall–Kier alpha value is -1.41. The maximum absolute atomic E-state index is 12.3. The molecule has 22 heavy (non-hydrogen) atoms. The average Bonchev–Trinajstić information content (AvgIpc) is 2.54. The number of ketones is 1. The van der Waals surface area contributed by atoms with Crippen LogP contribution in [0.4, 0.5) is 0 Å². The van der Waals surface area contributed by atoms with Gasteiger partial charge in [-0.1, -0.05) is 48.9 Å². The fraction of sp³-hybridized carbons (Fsp3) is 0.550. The molecule has 2 nitrogen and oxygen atoms in total. The van der Waals surface area contributed by atoms with E-state index in [1.165, 1.54) is 17.6 Å². The van der Waals surface area contributed by atoms with E-state index in [2.05, 4.69) is 32.1 Å². The molecule has 3 aliphatic carbocycles. The van der Waals surface area contributed by atoms with Crippen molar-refractivity contribution in [3.63, 3.8) is 0 Å². The smallest absolute Gasteiger partial charge is 0.143 e. The van der Waals surface area contributed by atoms with Gasteiger partial charge in [0.2, 0.25) is 0 Å². The topological polar surface area (TPSA) is 26.3 Å². The first kappa shape index (κ1) is 15.5. The van der Waals surface area contributed by atoms with Gasteiger partial charge in [0.1, 0.15) is 5.78 Å². The molecule has 0 radical (unpaired) electrons. The molecule has 0 unspecified atom stereocenters. The van der Waals surface area contributed by atoms with E-state index in [-0.39, 0.29) is 17.3 Å². The molecular weight excluding hydrogens is 272 g/mol. The van der Waals surface area contributed by atoms with Crippen LogP contribution in [0.3, 0.4) is 0 Å². The molecule has 3 aliphatic rings. The minimum Gasteiger partial charge on any atom is -0.377 e. The Morgan fingerprint density at radius 1 is 1.27 bits per heavy atom. The molecule has 4 rings (SSSR count). The molecule has 2 heteroatoms. The Balaban J connectivity index is 1.51. The Kier molecular flexibility index (Phi) is 4.49. The number of carbonyl (C=O) groups is 1. The number of carbonyl (C=O) groups excluding carboxylic acids is 1. The van der Waals surface area contributed by atoms with Crippen LogP contribution in [0.1, 0.15) is 45.1 Å². The van der Waals surface area contributed by atoms with Crippen molar-refractivity contribution >= 4 is 5.78 Å². The SMILES string of the molecule is CC1=C[C@H]2CC[C@]1(CCCOCc1ccccc1)[C@@H](C)C2=O. The summed E-state index contributed by atoms with van der Waals surface area (Å²) in [5, 5.41) is 0. The number of rotatable bonds is 6. The van der Waals surface area contributed by atoms with E-state index < -0.39 is 0 Å². The first-order chi connectivity index (χ1) is 10.6. The zero-order valence-electron chi connectivity index (χ0n) is 13.7. The van der Waals surface area contributed by atoms with Crippen LogP contribution in [0, 0.1) is 17.3 Å². The Morgan fingerprint density at radius 3 is 2.77 bits per heavy atom. The fourth-order valence-corrected chi connectivity index (χ4v) is 4.33. The molecule has 3 atom stereocenters. The van der Waals surface area contributed by atoms with E-state index in [1.807, 2.05) is 18.2 Å². The summed E-state index contributed by atoms with van der Waals surface area (Å²) in [6, 6.07) is 10.3. The Morgan fingerprint density at radius 2 is 2.05 bits per heavy atom. The van der Waals surface area contributed by atoms with Crippen molar-refractivity contribution in [2.24, 2.45) is 17.3 Å². The van der Waals surface area contributed by atoms with Crippen LogP contribution in [-0.2, 0) is 16.1 Å². The number of hydrogen-bond donors (Lipinski definition) is 0. The van der Waals surface area contributed by atoms with Gasteiger partial charge in [-0.15, -0.1) is 0 Å². The van der Waals surface area contributed by atoms with E-state index in [0.717, 1.165) is 25.9 Å². The highest BCUT2D eigenvalue weighted by molar-refractivity contribution is 5.88. The zero-order valence-corrected chi connectivity index (χ0v) is 13.7. The molecule has 0 aromatic heterocycles. The monoisotopic (exact) mass is 298 g/mol. The largest absolute Gasteiger partial charge is 0.377 e. The summed E-state index contributed by atoms with van der Waals surface area (Å²) < 4.78 is 5.81. The summed E-state index contributed by atoms with van der Waals surface area (Å²) in [6.07, 6.45) is 6.55. The molecule has 1 aromatic carbocycles. The summed E-state index contributed by atoms with van der Waals surface area (Å²) >= 11 is 0. The molecule has 118 valence electrons. The van der Waals surface area contributed by atoms with Gasteiger partial charge in [0.25, 0.3) is 0 Å². The summed E-state index contributed by atoms with van der Waals surface area (Å²) in [7, 11) is 0. The molecule has 0 spiro atoms. The minimum absolute atomic E-state index is 0.113. The predicted octanol–water partition coefficient (Wildman–Crippen LogP) is 4.54. The maximum atomic E-state index is 12.3. The van der Waals surface area contributed by atoms with Crippen LogP contribution in [-0.4, -0.2) is 12.4 Å². The predicted molar refractivity (Wildman–Crippen MR) is 88.4 cm³/mol. The summed E-state index contributed by atoms with van der Waals surface area (Å²) in [4.78, 5) is 12.3. The van der Waals surface area contributed by atoms with E-state index >= 15 is 0 Å². The number of allylic oxidation sites excluding steroid dienone is 2. The van der Waals surface area contributed by atoms with Crippen molar-refractivity contribution in [1.29, 1.82) is 0 Å². The molecular formula is C20H26O2. The lowest BCUT2D eigenvalue weighted by Crippen LogP contribution is -2.46. The van der Waals surface area contributed by atoms with Gasteiger partial charge in [0.05, 0.1) is 6.61 Å².